The van der Waals surface area contributed by atoms with Crippen molar-refractivity contribution in [3.8, 4) is 5.75 Å². The highest BCUT2D eigenvalue weighted by molar-refractivity contribution is 5.89. The number of halogens is 3. The van der Waals surface area contributed by atoms with E-state index in [0.29, 0.717) is 11.9 Å². The molecule has 1 heterocycles. The van der Waals surface area contributed by atoms with Crippen molar-refractivity contribution in [2.75, 3.05) is 33.1 Å². The van der Waals surface area contributed by atoms with Crippen molar-refractivity contribution in [1.29, 1.82) is 0 Å². The third-order valence-electron chi connectivity index (χ3n) is 4.44. The Morgan fingerprint density at radius 2 is 1.71 bits per heavy atom. The van der Waals surface area contributed by atoms with E-state index in [1.54, 1.807) is 31.4 Å². The number of aromatic nitrogens is 2. The van der Waals surface area contributed by atoms with Gasteiger partial charge in [-0.15, -0.1) is 0 Å². The molecule has 0 aliphatic rings. The molecule has 1 N–H and O–H groups in total. The molecule has 0 spiro atoms. The number of benzene rings is 2. The van der Waals surface area contributed by atoms with E-state index in [-0.39, 0.29) is 17.4 Å². The summed E-state index contributed by atoms with van der Waals surface area (Å²) < 4.78 is 44.7. The monoisotopic (exact) mass is 390 g/mol. The van der Waals surface area contributed by atoms with Gasteiger partial charge in [-0.05, 0) is 43.9 Å². The van der Waals surface area contributed by atoms with E-state index in [1.165, 1.54) is 0 Å². The van der Waals surface area contributed by atoms with E-state index in [2.05, 4.69) is 15.3 Å². The summed E-state index contributed by atoms with van der Waals surface area (Å²) in [7, 11) is 5.42. The van der Waals surface area contributed by atoms with E-state index in [0.717, 1.165) is 11.3 Å². The van der Waals surface area contributed by atoms with Gasteiger partial charge in [0.25, 0.3) is 0 Å². The number of likely N-dealkylation sites (N-methyl/N-ethyl adjacent to an activating group) is 1. The van der Waals surface area contributed by atoms with Gasteiger partial charge in [0.2, 0.25) is 5.82 Å². The van der Waals surface area contributed by atoms with Gasteiger partial charge in [0.15, 0.2) is 0 Å². The summed E-state index contributed by atoms with van der Waals surface area (Å²) in [5.41, 5.74) is 1.26. The molecule has 0 aliphatic carbocycles. The lowest BCUT2D eigenvalue weighted by molar-refractivity contribution is -0.144. The fraction of sp³-hybridized carbons (Fsp3) is 0.300. The zero-order valence-corrected chi connectivity index (χ0v) is 15.8. The number of alkyl halides is 3. The summed E-state index contributed by atoms with van der Waals surface area (Å²) in [6.07, 6.45) is -4.61. The quantitative estimate of drug-likeness (QED) is 0.677. The first-order chi connectivity index (χ1) is 13.3. The minimum atomic E-state index is -4.61. The first-order valence-corrected chi connectivity index (χ1v) is 8.68. The summed E-state index contributed by atoms with van der Waals surface area (Å²) in [4.78, 5) is 9.37. The van der Waals surface area contributed by atoms with Crippen molar-refractivity contribution >= 4 is 16.7 Å². The number of nitrogens with zero attached hydrogens (tertiary/aromatic N) is 3. The van der Waals surface area contributed by atoms with Crippen LogP contribution in [-0.4, -0.2) is 42.6 Å². The largest absolute Gasteiger partial charge is 0.497 e. The molecule has 8 heteroatoms. The minimum Gasteiger partial charge on any atom is -0.497 e. The van der Waals surface area contributed by atoms with Crippen molar-refractivity contribution in [3.05, 3.63) is 59.9 Å². The molecule has 0 radical (unpaired) electrons. The number of anilines is 1. The van der Waals surface area contributed by atoms with Crippen LogP contribution in [0.3, 0.4) is 0 Å². The molecule has 3 rings (SSSR count). The van der Waals surface area contributed by atoms with E-state index in [9.17, 15) is 13.2 Å². The second kappa shape index (κ2) is 8.02. The first kappa shape index (κ1) is 19.9. The molecule has 148 valence electrons. The number of ether oxygens (including phenoxy) is 1. The second-order valence-corrected chi connectivity index (χ2v) is 6.54. The van der Waals surface area contributed by atoms with Gasteiger partial charge in [0.1, 0.15) is 11.6 Å². The third-order valence-corrected chi connectivity index (χ3v) is 4.44. The number of para-hydroxylation sites is 1. The molecule has 0 amide bonds. The highest BCUT2D eigenvalue weighted by atomic mass is 19.4. The van der Waals surface area contributed by atoms with Crippen LogP contribution in [0.1, 0.15) is 17.4 Å². The van der Waals surface area contributed by atoms with Crippen molar-refractivity contribution in [1.82, 2.24) is 14.9 Å². The molecule has 2 aromatic carbocycles. The zero-order valence-electron chi connectivity index (χ0n) is 15.8. The van der Waals surface area contributed by atoms with Crippen molar-refractivity contribution in [2.24, 2.45) is 0 Å². The van der Waals surface area contributed by atoms with Gasteiger partial charge in [0, 0.05) is 11.9 Å². The number of hydrogen-bond acceptors (Lipinski definition) is 5. The predicted molar refractivity (Wildman–Crippen MR) is 102 cm³/mol. The van der Waals surface area contributed by atoms with Crippen LogP contribution in [0.4, 0.5) is 19.0 Å². The van der Waals surface area contributed by atoms with E-state index in [4.69, 9.17) is 4.74 Å². The maximum Gasteiger partial charge on any atom is 0.451 e. The van der Waals surface area contributed by atoms with Crippen molar-refractivity contribution in [3.63, 3.8) is 0 Å². The molecule has 1 aromatic heterocycles. The van der Waals surface area contributed by atoms with Crippen LogP contribution < -0.4 is 10.1 Å². The summed E-state index contributed by atoms with van der Waals surface area (Å²) in [5, 5.41) is 3.63. The third kappa shape index (κ3) is 4.33. The van der Waals surface area contributed by atoms with E-state index >= 15 is 0 Å². The molecular weight excluding hydrogens is 369 g/mol. The number of fused-ring (bicyclic) bond motifs is 1. The van der Waals surface area contributed by atoms with Crippen LogP contribution in [0.25, 0.3) is 10.9 Å². The Labute approximate surface area is 161 Å². The standard InChI is InChI=1S/C20H21F3N4O/c1-27(2)17(13-8-10-14(28-3)11-9-13)12-24-18-15-6-4-5-7-16(15)25-19(26-18)20(21,22)23/h4-11,17H,12H2,1-3H3,(H,24,25,26). The Hall–Kier alpha value is -2.87. The number of hydrogen-bond donors (Lipinski definition) is 1. The normalized spacial score (nSPS) is 13.0. The fourth-order valence-corrected chi connectivity index (χ4v) is 2.96. The summed E-state index contributed by atoms with van der Waals surface area (Å²) >= 11 is 0. The van der Waals surface area contributed by atoms with Crippen LogP contribution in [-0.2, 0) is 6.18 Å². The van der Waals surface area contributed by atoms with Gasteiger partial charge >= 0.3 is 6.18 Å². The molecule has 0 saturated heterocycles. The smallest absolute Gasteiger partial charge is 0.451 e. The average molecular weight is 390 g/mol. The molecule has 0 bridgehead atoms. The first-order valence-electron chi connectivity index (χ1n) is 8.68. The maximum absolute atomic E-state index is 13.2. The molecule has 0 aliphatic heterocycles. The molecule has 5 nitrogen and oxygen atoms in total. The number of rotatable bonds is 6. The second-order valence-electron chi connectivity index (χ2n) is 6.54. The predicted octanol–water partition coefficient (Wildman–Crippen LogP) is 4.37. The van der Waals surface area contributed by atoms with Crippen molar-refractivity contribution < 1.29 is 17.9 Å². The lowest BCUT2D eigenvalue weighted by atomic mass is 10.1. The molecule has 0 fully saturated rings. The Balaban J connectivity index is 1.91. The lowest BCUT2D eigenvalue weighted by Crippen LogP contribution is -2.27. The van der Waals surface area contributed by atoms with Crippen molar-refractivity contribution in [2.45, 2.75) is 12.2 Å². The van der Waals surface area contributed by atoms with Crippen LogP contribution in [0, 0.1) is 0 Å². The SMILES string of the molecule is COc1ccc(C(CNc2nc(C(F)(F)F)nc3ccccc23)N(C)C)cc1. The highest BCUT2D eigenvalue weighted by Gasteiger charge is 2.35. The van der Waals surface area contributed by atoms with Crippen LogP contribution in [0.15, 0.2) is 48.5 Å². The van der Waals surface area contributed by atoms with Crippen LogP contribution in [0.5, 0.6) is 5.75 Å². The van der Waals surface area contributed by atoms with E-state index in [1.807, 2.05) is 43.3 Å². The van der Waals surface area contributed by atoms with Gasteiger partial charge in [-0.1, -0.05) is 24.3 Å². The highest BCUT2D eigenvalue weighted by Crippen LogP contribution is 2.31. The molecule has 0 saturated carbocycles. The number of methoxy groups -OCH3 is 1. The van der Waals surface area contributed by atoms with Gasteiger partial charge in [-0.2, -0.15) is 13.2 Å². The van der Waals surface area contributed by atoms with Crippen LogP contribution >= 0.6 is 0 Å². The van der Waals surface area contributed by atoms with Gasteiger partial charge < -0.3 is 15.0 Å². The molecular formula is C20H21F3N4O. The minimum absolute atomic E-state index is 0.0750. The topological polar surface area (TPSA) is 50.3 Å². The maximum atomic E-state index is 13.2. The Morgan fingerprint density at radius 3 is 2.32 bits per heavy atom. The fourth-order valence-electron chi connectivity index (χ4n) is 2.96. The lowest BCUT2D eigenvalue weighted by Gasteiger charge is -2.26. The molecule has 1 atom stereocenters. The Bertz CT molecular complexity index is 942. The van der Waals surface area contributed by atoms with Gasteiger partial charge in [-0.25, -0.2) is 9.97 Å². The average Bonchev–Trinajstić information content (AvgIpc) is 2.67. The number of nitrogens with one attached hydrogen (secondary N) is 1. The molecule has 28 heavy (non-hydrogen) atoms. The summed E-state index contributed by atoms with van der Waals surface area (Å²) in [5.74, 6) is -0.247. The molecule has 1 unspecified atom stereocenters. The Morgan fingerprint density at radius 1 is 1.04 bits per heavy atom. The van der Waals surface area contributed by atoms with Gasteiger partial charge in [-0.3, -0.25) is 0 Å². The summed E-state index contributed by atoms with van der Waals surface area (Å²) in [6.45, 7) is 0.373. The van der Waals surface area contributed by atoms with Crippen LogP contribution in [0.2, 0.25) is 0 Å². The van der Waals surface area contributed by atoms with Gasteiger partial charge in [0.05, 0.1) is 18.7 Å². The zero-order chi connectivity index (χ0) is 20.3. The Kier molecular flexibility index (Phi) is 5.69. The summed E-state index contributed by atoms with van der Waals surface area (Å²) in [6, 6.07) is 14.2. The van der Waals surface area contributed by atoms with E-state index < -0.39 is 12.0 Å². The molecule has 3 aromatic rings.